The molecule has 0 amide bonds. The molecule has 10 nitrogen and oxygen atoms in total. The van der Waals surface area contributed by atoms with Gasteiger partial charge in [-0.25, -0.2) is 4.79 Å². The van der Waals surface area contributed by atoms with Crippen molar-refractivity contribution in [3.05, 3.63) is 0 Å². The molecule has 0 spiro atoms. The van der Waals surface area contributed by atoms with E-state index in [9.17, 15) is 9.59 Å². The lowest BCUT2D eigenvalue weighted by atomic mass is 10.5. The van der Waals surface area contributed by atoms with Crippen molar-refractivity contribution in [3.63, 3.8) is 0 Å². The number of ether oxygens (including phenoxy) is 7. The van der Waals surface area contributed by atoms with Crippen LogP contribution in [0, 0.1) is 0 Å². The van der Waals surface area contributed by atoms with Crippen LogP contribution in [0.15, 0.2) is 0 Å². The number of Topliss-reactive ketones (excluding diaryl/α,β-unsaturated/α-hetero) is 1. The lowest BCUT2D eigenvalue weighted by Gasteiger charge is -2.08. The van der Waals surface area contributed by atoms with E-state index < -0.39 is 5.97 Å². The van der Waals surface area contributed by atoms with Gasteiger partial charge in [-0.1, -0.05) is 0 Å². The van der Waals surface area contributed by atoms with E-state index in [1.165, 1.54) is 6.92 Å². The minimum atomic E-state index is -0.996. The van der Waals surface area contributed by atoms with Crippen LogP contribution in [0.25, 0.3) is 0 Å². The molecule has 27 heavy (non-hydrogen) atoms. The predicted molar refractivity (Wildman–Crippen MR) is 94.0 cm³/mol. The molecule has 0 saturated carbocycles. The third-order valence-corrected chi connectivity index (χ3v) is 2.76. The fraction of sp³-hybridized carbons (Fsp3) is 0.882. The van der Waals surface area contributed by atoms with Crippen molar-refractivity contribution in [2.45, 2.75) is 6.92 Å². The molecule has 0 aromatic heterocycles. The highest BCUT2D eigenvalue weighted by molar-refractivity contribution is 5.76. The topological polar surface area (TPSA) is 119 Å². The molecule has 10 heteroatoms. The van der Waals surface area contributed by atoms with Crippen LogP contribution < -0.4 is 0 Å². The van der Waals surface area contributed by atoms with E-state index in [0.29, 0.717) is 72.7 Å². The van der Waals surface area contributed by atoms with Crippen LogP contribution in [0.5, 0.6) is 0 Å². The first-order chi connectivity index (χ1) is 13.1. The van der Waals surface area contributed by atoms with Crippen molar-refractivity contribution in [1.82, 2.24) is 0 Å². The quantitative estimate of drug-likeness (QED) is 0.246. The van der Waals surface area contributed by atoms with E-state index in [1.54, 1.807) is 0 Å². The molecule has 0 rings (SSSR count). The molecule has 1 N–H and O–H groups in total. The number of carboxylic acid groups (broad SMARTS) is 1. The highest BCUT2D eigenvalue weighted by atomic mass is 16.6. The average molecular weight is 396 g/mol. The molecular weight excluding hydrogens is 364 g/mol. The summed E-state index contributed by atoms with van der Waals surface area (Å²) in [6.07, 6.45) is 0. The molecule has 0 atom stereocenters. The first kappa shape index (κ1) is 25.9. The van der Waals surface area contributed by atoms with Crippen molar-refractivity contribution in [2.24, 2.45) is 0 Å². The Morgan fingerprint density at radius 1 is 0.519 bits per heavy atom. The van der Waals surface area contributed by atoms with Gasteiger partial charge in [0.2, 0.25) is 0 Å². The lowest BCUT2D eigenvalue weighted by molar-refractivity contribution is -0.142. The van der Waals surface area contributed by atoms with Gasteiger partial charge < -0.3 is 38.3 Å². The number of carbonyl (C=O) groups excluding carboxylic acids is 1. The van der Waals surface area contributed by atoms with Crippen molar-refractivity contribution in [2.75, 3.05) is 92.5 Å². The molecule has 0 fully saturated rings. The van der Waals surface area contributed by atoms with Crippen LogP contribution in [0.1, 0.15) is 6.92 Å². The van der Waals surface area contributed by atoms with E-state index in [4.69, 9.17) is 38.3 Å². The smallest absolute Gasteiger partial charge is 0.329 e. The third-order valence-electron chi connectivity index (χ3n) is 2.76. The van der Waals surface area contributed by atoms with E-state index in [1.807, 2.05) is 0 Å². The summed E-state index contributed by atoms with van der Waals surface area (Å²) >= 11 is 0. The third kappa shape index (κ3) is 24.9. The Bertz CT molecular complexity index is 319. The maximum Gasteiger partial charge on any atom is 0.329 e. The summed E-state index contributed by atoms with van der Waals surface area (Å²) in [6.45, 7) is 6.36. The normalized spacial score (nSPS) is 11.0. The number of hydrogen-bond donors (Lipinski definition) is 1. The first-order valence-corrected chi connectivity index (χ1v) is 8.88. The summed E-state index contributed by atoms with van der Waals surface area (Å²) in [5.74, 6) is -0.998. The molecular formula is C17H32O10. The molecule has 0 aromatic carbocycles. The maximum atomic E-state index is 10.6. The Balaban J connectivity index is 3.01. The molecule has 0 saturated heterocycles. The van der Waals surface area contributed by atoms with Crippen LogP contribution >= 0.6 is 0 Å². The van der Waals surface area contributed by atoms with Crippen LogP contribution in [0.4, 0.5) is 0 Å². The molecule has 0 bridgehead atoms. The highest BCUT2D eigenvalue weighted by Crippen LogP contribution is 1.85. The second-order valence-corrected chi connectivity index (χ2v) is 5.26. The van der Waals surface area contributed by atoms with Gasteiger partial charge in [-0.3, -0.25) is 4.79 Å². The fourth-order valence-corrected chi connectivity index (χ4v) is 1.59. The lowest BCUT2D eigenvalue weighted by Crippen LogP contribution is -2.15. The van der Waals surface area contributed by atoms with Crippen molar-refractivity contribution >= 4 is 11.8 Å². The Hall–Kier alpha value is -1.14. The molecule has 160 valence electrons. The Kier molecular flexibility index (Phi) is 20.3. The number of ketones is 1. The van der Waals surface area contributed by atoms with Crippen molar-refractivity contribution in [1.29, 1.82) is 0 Å². The fourth-order valence-electron chi connectivity index (χ4n) is 1.59. The summed E-state index contributed by atoms with van der Waals surface area (Å²) in [5, 5.41) is 8.36. The van der Waals surface area contributed by atoms with E-state index in [2.05, 4.69) is 0 Å². The summed E-state index contributed by atoms with van der Waals surface area (Å²) < 4.78 is 36.3. The molecule has 0 aliphatic carbocycles. The first-order valence-electron chi connectivity index (χ1n) is 8.88. The van der Waals surface area contributed by atoms with Gasteiger partial charge in [-0.15, -0.1) is 0 Å². The minimum absolute atomic E-state index is 0.00265. The van der Waals surface area contributed by atoms with Crippen molar-refractivity contribution < 1.29 is 47.9 Å². The van der Waals surface area contributed by atoms with Gasteiger partial charge in [0.05, 0.1) is 79.3 Å². The van der Waals surface area contributed by atoms with E-state index in [-0.39, 0.29) is 25.6 Å². The molecule has 0 unspecified atom stereocenters. The van der Waals surface area contributed by atoms with Crippen molar-refractivity contribution in [3.8, 4) is 0 Å². The SMILES string of the molecule is CC(=O)COCCOCCOCCOCCOCCOCCOCC(=O)O. The second-order valence-electron chi connectivity index (χ2n) is 5.26. The number of aliphatic carboxylic acids is 1. The van der Waals surface area contributed by atoms with Gasteiger partial charge >= 0.3 is 5.97 Å². The van der Waals surface area contributed by atoms with Gasteiger partial charge in [-0.2, -0.15) is 0 Å². The monoisotopic (exact) mass is 396 g/mol. The zero-order valence-electron chi connectivity index (χ0n) is 16.0. The number of rotatable bonds is 22. The zero-order chi connectivity index (χ0) is 20.0. The maximum absolute atomic E-state index is 10.6. The summed E-state index contributed by atoms with van der Waals surface area (Å²) in [4.78, 5) is 20.8. The molecule has 0 aromatic rings. The highest BCUT2D eigenvalue weighted by Gasteiger charge is 1.97. The van der Waals surface area contributed by atoms with Crippen LogP contribution in [-0.2, 0) is 42.7 Å². The van der Waals surface area contributed by atoms with Gasteiger partial charge in [-0.05, 0) is 6.92 Å². The standard InChI is InChI=1S/C17H32O10/c1-16(18)14-26-12-10-24-8-6-22-4-2-21-3-5-23-7-9-25-11-13-27-15-17(19)20/h2-15H2,1H3,(H,19,20). The molecule has 0 aliphatic rings. The van der Waals surface area contributed by atoms with Gasteiger partial charge in [0.15, 0.2) is 5.78 Å². The largest absolute Gasteiger partial charge is 0.480 e. The Labute approximate surface area is 159 Å². The minimum Gasteiger partial charge on any atom is -0.480 e. The van der Waals surface area contributed by atoms with Crippen LogP contribution in [-0.4, -0.2) is 109 Å². The van der Waals surface area contributed by atoms with E-state index in [0.717, 1.165) is 0 Å². The number of hydrogen-bond acceptors (Lipinski definition) is 9. The summed E-state index contributed by atoms with van der Waals surface area (Å²) in [6, 6.07) is 0. The molecule has 0 aliphatic heterocycles. The zero-order valence-corrected chi connectivity index (χ0v) is 16.0. The molecule has 0 heterocycles. The predicted octanol–water partition coefficient (Wildman–Crippen LogP) is -0.224. The Morgan fingerprint density at radius 3 is 1.04 bits per heavy atom. The molecule has 0 radical (unpaired) electrons. The summed E-state index contributed by atoms with van der Waals surface area (Å²) in [5.41, 5.74) is 0. The van der Waals surface area contributed by atoms with Gasteiger partial charge in [0.1, 0.15) is 13.2 Å². The van der Waals surface area contributed by atoms with Gasteiger partial charge in [0.25, 0.3) is 0 Å². The average Bonchev–Trinajstić information content (AvgIpc) is 2.62. The number of carboxylic acids is 1. The van der Waals surface area contributed by atoms with Gasteiger partial charge in [0, 0.05) is 0 Å². The van der Waals surface area contributed by atoms with Crippen LogP contribution in [0.3, 0.4) is 0 Å². The van der Waals surface area contributed by atoms with E-state index >= 15 is 0 Å². The summed E-state index contributed by atoms with van der Waals surface area (Å²) in [7, 11) is 0. The number of carbonyl (C=O) groups is 2. The van der Waals surface area contributed by atoms with Crippen LogP contribution in [0.2, 0.25) is 0 Å². The Morgan fingerprint density at radius 2 is 0.778 bits per heavy atom. The second kappa shape index (κ2) is 21.2.